The fraction of sp³-hybridized carbons (Fsp3) is 0.182. The van der Waals surface area contributed by atoms with Gasteiger partial charge < -0.3 is 19.6 Å². The molecule has 1 amide bonds. The maximum atomic E-state index is 13.4. The van der Waals surface area contributed by atoms with Crippen molar-refractivity contribution in [3.05, 3.63) is 87.7 Å². The Balaban J connectivity index is 1.96. The smallest absolute Gasteiger partial charge is 0.343 e. The summed E-state index contributed by atoms with van der Waals surface area (Å²) in [5.74, 6) is -1.09. The molecule has 0 bridgehead atoms. The van der Waals surface area contributed by atoms with Crippen LogP contribution in [0.5, 0.6) is 11.5 Å². The third-order valence-corrected chi connectivity index (χ3v) is 4.45. The third kappa shape index (κ3) is 4.82. The average Bonchev–Trinajstić information content (AvgIpc) is 2.66. The van der Waals surface area contributed by atoms with Crippen molar-refractivity contribution in [3.63, 3.8) is 0 Å². The number of benzene rings is 2. The minimum atomic E-state index is -0.772. The van der Waals surface area contributed by atoms with E-state index in [1.807, 2.05) is 0 Å². The number of rotatable bonds is 6. The van der Waals surface area contributed by atoms with Gasteiger partial charge in [-0.15, -0.1) is 0 Å². The quantitative estimate of drug-likeness (QED) is 0.657. The maximum Gasteiger partial charge on any atom is 0.343 e. The molecule has 2 aromatic carbocycles. The van der Waals surface area contributed by atoms with Crippen LogP contribution in [0.2, 0.25) is 0 Å². The molecule has 2 N–H and O–H groups in total. The monoisotopic (exact) mass is 397 g/mol. The lowest BCUT2D eigenvalue weighted by atomic mass is 9.88. The predicted octanol–water partition coefficient (Wildman–Crippen LogP) is 3.96. The summed E-state index contributed by atoms with van der Waals surface area (Å²) >= 11 is 0. The molecule has 7 heteroatoms. The van der Waals surface area contributed by atoms with Crippen LogP contribution in [0, 0.1) is 12.7 Å². The number of aryl methyl sites for hydroxylation is 1. The summed E-state index contributed by atoms with van der Waals surface area (Å²) in [6, 6.07) is 13.6. The molecule has 0 saturated carbocycles. The van der Waals surface area contributed by atoms with Crippen molar-refractivity contribution in [3.8, 4) is 11.5 Å². The Bertz CT molecular complexity index is 1080. The van der Waals surface area contributed by atoms with E-state index in [0.29, 0.717) is 17.0 Å². The number of aromatic hydroxyl groups is 1. The zero-order valence-corrected chi connectivity index (χ0v) is 15.9. The van der Waals surface area contributed by atoms with Crippen LogP contribution in [-0.2, 0) is 4.79 Å². The highest BCUT2D eigenvalue weighted by Gasteiger charge is 2.26. The first-order valence-corrected chi connectivity index (χ1v) is 8.90. The molecule has 1 atom stereocenters. The Labute approximate surface area is 166 Å². The molecule has 1 heterocycles. The second kappa shape index (κ2) is 8.60. The van der Waals surface area contributed by atoms with Gasteiger partial charge in [-0.1, -0.05) is 18.2 Å². The summed E-state index contributed by atoms with van der Waals surface area (Å²) in [5, 5.41) is 13.0. The fourth-order valence-corrected chi connectivity index (χ4v) is 3.11. The Morgan fingerprint density at radius 3 is 2.55 bits per heavy atom. The molecule has 0 spiro atoms. The van der Waals surface area contributed by atoms with Crippen LogP contribution >= 0.6 is 0 Å². The summed E-state index contributed by atoms with van der Waals surface area (Å²) in [5.41, 5.74) is 0.173. The standard InChI is InChI=1S/C22H20FNO5/c1-13-10-19(25)21(22(27)29-13)18(14-6-8-17(28-2)9-7-14)12-20(26)24-16-5-3-4-15(23)11-16/h3-11,18,25H,12H2,1-2H3,(H,24,26)/t18-/m0/s1. The van der Waals surface area contributed by atoms with Crippen LogP contribution in [0.25, 0.3) is 0 Å². The number of hydrogen-bond acceptors (Lipinski definition) is 5. The SMILES string of the molecule is COc1ccc([C@H](CC(=O)Nc2cccc(F)c2)c2c(O)cc(C)oc2=O)cc1. The zero-order valence-electron chi connectivity index (χ0n) is 15.9. The summed E-state index contributed by atoms with van der Waals surface area (Å²) in [6.07, 6.45) is -0.162. The molecule has 3 rings (SSSR count). The van der Waals surface area contributed by atoms with Crippen LogP contribution in [0.1, 0.15) is 29.2 Å². The number of carbonyl (C=O) groups is 1. The van der Waals surface area contributed by atoms with E-state index in [2.05, 4.69) is 5.32 Å². The molecule has 1 aromatic heterocycles. The first-order chi connectivity index (χ1) is 13.9. The highest BCUT2D eigenvalue weighted by molar-refractivity contribution is 5.91. The van der Waals surface area contributed by atoms with Gasteiger partial charge in [0.15, 0.2) is 0 Å². The number of ether oxygens (including phenoxy) is 1. The summed E-state index contributed by atoms with van der Waals surface area (Å²) in [4.78, 5) is 25.1. The van der Waals surface area contributed by atoms with Crippen molar-refractivity contribution < 1.29 is 23.4 Å². The molecule has 0 unspecified atom stereocenters. The molecule has 0 fully saturated rings. The van der Waals surface area contributed by atoms with E-state index in [4.69, 9.17) is 9.15 Å². The number of halogens is 1. The van der Waals surface area contributed by atoms with E-state index in [-0.39, 0.29) is 23.5 Å². The zero-order chi connectivity index (χ0) is 21.0. The minimum Gasteiger partial charge on any atom is -0.507 e. The van der Waals surface area contributed by atoms with Crippen LogP contribution in [-0.4, -0.2) is 18.1 Å². The van der Waals surface area contributed by atoms with Crippen molar-refractivity contribution in [2.24, 2.45) is 0 Å². The van der Waals surface area contributed by atoms with E-state index < -0.39 is 23.3 Å². The number of carbonyl (C=O) groups excluding carboxylic acids is 1. The first kappa shape index (κ1) is 20.1. The Morgan fingerprint density at radius 2 is 1.93 bits per heavy atom. The van der Waals surface area contributed by atoms with Gasteiger partial charge in [-0.05, 0) is 42.8 Å². The van der Waals surface area contributed by atoms with Crippen molar-refractivity contribution >= 4 is 11.6 Å². The van der Waals surface area contributed by atoms with Gasteiger partial charge in [-0.3, -0.25) is 4.79 Å². The van der Waals surface area contributed by atoms with Crippen molar-refractivity contribution in [1.82, 2.24) is 0 Å². The second-order valence-corrected chi connectivity index (χ2v) is 6.53. The predicted molar refractivity (Wildman–Crippen MR) is 106 cm³/mol. The van der Waals surface area contributed by atoms with E-state index >= 15 is 0 Å². The minimum absolute atomic E-state index is 0.0184. The second-order valence-electron chi connectivity index (χ2n) is 6.53. The van der Waals surface area contributed by atoms with E-state index in [9.17, 15) is 19.1 Å². The molecule has 150 valence electrons. The topological polar surface area (TPSA) is 88.8 Å². The molecule has 0 saturated heterocycles. The van der Waals surface area contributed by atoms with Crippen molar-refractivity contribution in [2.75, 3.05) is 12.4 Å². The van der Waals surface area contributed by atoms with Gasteiger partial charge in [0.25, 0.3) is 0 Å². The molecule has 6 nitrogen and oxygen atoms in total. The number of anilines is 1. The van der Waals surface area contributed by atoms with E-state index in [0.717, 1.165) is 0 Å². The third-order valence-electron chi connectivity index (χ3n) is 4.45. The van der Waals surface area contributed by atoms with Crippen LogP contribution in [0.4, 0.5) is 10.1 Å². The summed E-state index contributed by atoms with van der Waals surface area (Å²) in [6.45, 7) is 1.55. The van der Waals surface area contributed by atoms with Gasteiger partial charge in [0.2, 0.25) is 5.91 Å². The summed E-state index contributed by atoms with van der Waals surface area (Å²) < 4.78 is 23.7. The van der Waals surface area contributed by atoms with Gasteiger partial charge in [0.1, 0.15) is 23.1 Å². The molecule has 29 heavy (non-hydrogen) atoms. The summed E-state index contributed by atoms with van der Waals surface area (Å²) in [7, 11) is 1.53. The van der Waals surface area contributed by atoms with Gasteiger partial charge in [-0.2, -0.15) is 0 Å². The van der Waals surface area contributed by atoms with E-state index in [1.165, 1.54) is 31.4 Å². The molecule has 0 aliphatic rings. The number of nitrogens with one attached hydrogen (secondary N) is 1. The number of hydrogen-bond donors (Lipinski definition) is 2. The highest BCUT2D eigenvalue weighted by Crippen LogP contribution is 2.33. The van der Waals surface area contributed by atoms with Gasteiger partial charge >= 0.3 is 5.63 Å². The molecule has 3 aromatic rings. The van der Waals surface area contributed by atoms with Gasteiger partial charge in [0.05, 0.1) is 12.7 Å². The lowest BCUT2D eigenvalue weighted by Crippen LogP contribution is -2.21. The molecule has 0 aliphatic heterocycles. The normalized spacial score (nSPS) is 11.7. The molecule has 0 radical (unpaired) electrons. The lowest BCUT2D eigenvalue weighted by Gasteiger charge is -2.18. The van der Waals surface area contributed by atoms with Crippen LogP contribution in [0.15, 0.2) is 63.8 Å². The molecular weight excluding hydrogens is 377 g/mol. The largest absolute Gasteiger partial charge is 0.507 e. The highest BCUT2D eigenvalue weighted by atomic mass is 19.1. The average molecular weight is 397 g/mol. The number of amides is 1. The Hall–Kier alpha value is -3.61. The first-order valence-electron chi connectivity index (χ1n) is 8.90. The van der Waals surface area contributed by atoms with Crippen molar-refractivity contribution in [2.45, 2.75) is 19.3 Å². The Morgan fingerprint density at radius 1 is 1.21 bits per heavy atom. The van der Waals surface area contributed by atoms with Gasteiger partial charge in [0, 0.05) is 24.1 Å². The number of methoxy groups -OCH3 is 1. The maximum absolute atomic E-state index is 13.4. The molecular formula is C22H20FNO5. The van der Waals surface area contributed by atoms with Crippen molar-refractivity contribution in [1.29, 1.82) is 0 Å². The fourth-order valence-electron chi connectivity index (χ4n) is 3.11. The van der Waals surface area contributed by atoms with Crippen LogP contribution in [0.3, 0.4) is 0 Å². The van der Waals surface area contributed by atoms with Gasteiger partial charge in [-0.25, -0.2) is 9.18 Å². The lowest BCUT2D eigenvalue weighted by molar-refractivity contribution is -0.116. The Kier molecular flexibility index (Phi) is 5.97. The molecule has 0 aliphatic carbocycles. The van der Waals surface area contributed by atoms with E-state index in [1.54, 1.807) is 37.3 Å². The van der Waals surface area contributed by atoms with Crippen LogP contribution < -0.4 is 15.7 Å².